The zero-order valence-electron chi connectivity index (χ0n) is 11.0. The number of tetrazole rings is 1. The van der Waals surface area contributed by atoms with Crippen molar-refractivity contribution in [3.63, 3.8) is 0 Å². The summed E-state index contributed by atoms with van der Waals surface area (Å²) in [5, 5.41) is 12.1. The number of nitrogens with two attached hydrogens (primary N) is 1. The van der Waals surface area contributed by atoms with Gasteiger partial charge in [-0.2, -0.15) is 0 Å². The lowest BCUT2D eigenvalue weighted by atomic mass is 10.0. The third-order valence-electron chi connectivity index (χ3n) is 4.33. The second-order valence-electron chi connectivity index (χ2n) is 5.68. The van der Waals surface area contributed by atoms with Gasteiger partial charge in [0, 0.05) is 6.04 Å². The third-order valence-corrected chi connectivity index (χ3v) is 4.33. The van der Waals surface area contributed by atoms with Crippen LogP contribution in [0.1, 0.15) is 44.0 Å². The van der Waals surface area contributed by atoms with E-state index in [1.165, 1.54) is 32.1 Å². The van der Waals surface area contributed by atoms with E-state index in [0.29, 0.717) is 18.0 Å². The number of hydrogen-bond donors (Lipinski definition) is 1. The van der Waals surface area contributed by atoms with E-state index >= 15 is 0 Å². The van der Waals surface area contributed by atoms with Crippen LogP contribution >= 0.6 is 0 Å². The molecule has 0 saturated heterocycles. The quantitative estimate of drug-likeness (QED) is 0.827. The molecule has 0 spiro atoms. The van der Waals surface area contributed by atoms with Gasteiger partial charge in [-0.3, -0.25) is 4.90 Å². The van der Waals surface area contributed by atoms with Crippen LogP contribution in [0.15, 0.2) is 0 Å². The molecule has 0 aromatic carbocycles. The van der Waals surface area contributed by atoms with Crippen molar-refractivity contribution in [2.24, 2.45) is 11.7 Å². The highest BCUT2D eigenvalue weighted by atomic mass is 15.6. The van der Waals surface area contributed by atoms with Gasteiger partial charge in [0.05, 0.1) is 12.6 Å². The van der Waals surface area contributed by atoms with Crippen molar-refractivity contribution < 1.29 is 0 Å². The molecule has 2 unspecified atom stereocenters. The SMILES string of the molecule is CN(Cc1nnnn1C1CC1)C1CCCC1CN. The standard InChI is InChI=1S/C12H22N6/c1-17(11-4-2-3-9(11)7-13)8-12-14-15-16-18(12)10-5-6-10/h9-11H,2-8,13H2,1H3. The molecule has 100 valence electrons. The smallest absolute Gasteiger partial charge is 0.165 e. The molecular formula is C12H22N6. The van der Waals surface area contributed by atoms with Crippen molar-refractivity contribution in [1.29, 1.82) is 0 Å². The molecule has 6 nitrogen and oxygen atoms in total. The van der Waals surface area contributed by atoms with Crippen molar-refractivity contribution in [2.45, 2.75) is 50.7 Å². The topological polar surface area (TPSA) is 72.9 Å². The van der Waals surface area contributed by atoms with Gasteiger partial charge in [-0.1, -0.05) is 6.42 Å². The first-order valence-corrected chi connectivity index (χ1v) is 6.96. The summed E-state index contributed by atoms with van der Waals surface area (Å²) in [6, 6.07) is 1.15. The third kappa shape index (κ3) is 2.27. The minimum atomic E-state index is 0.553. The Hall–Kier alpha value is -1.01. The molecule has 2 fully saturated rings. The van der Waals surface area contributed by atoms with E-state index in [2.05, 4.69) is 27.5 Å². The molecule has 6 heteroatoms. The second kappa shape index (κ2) is 4.93. The molecule has 1 aromatic rings. The monoisotopic (exact) mass is 250 g/mol. The van der Waals surface area contributed by atoms with Gasteiger partial charge in [0.25, 0.3) is 0 Å². The first kappa shape index (κ1) is 12.0. The summed E-state index contributed by atoms with van der Waals surface area (Å²) in [7, 11) is 2.17. The molecule has 18 heavy (non-hydrogen) atoms. The van der Waals surface area contributed by atoms with Crippen LogP contribution in [0.3, 0.4) is 0 Å². The molecule has 2 N–H and O–H groups in total. The van der Waals surface area contributed by atoms with Gasteiger partial charge in [0.2, 0.25) is 0 Å². The van der Waals surface area contributed by atoms with Crippen molar-refractivity contribution in [2.75, 3.05) is 13.6 Å². The van der Waals surface area contributed by atoms with Crippen LogP contribution in [-0.2, 0) is 6.54 Å². The van der Waals surface area contributed by atoms with E-state index in [-0.39, 0.29) is 0 Å². The fourth-order valence-corrected chi connectivity index (χ4v) is 3.13. The maximum atomic E-state index is 5.85. The number of rotatable bonds is 5. The molecule has 3 rings (SSSR count). The van der Waals surface area contributed by atoms with Crippen LogP contribution < -0.4 is 5.73 Å². The number of aromatic nitrogens is 4. The first-order chi connectivity index (χ1) is 8.79. The Bertz CT molecular complexity index is 399. The maximum Gasteiger partial charge on any atom is 0.165 e. The Morgan fingerprint density at radius 2 is 2.17 bits per heavy atom. The summed E-state index contributed by atoms with van der Waals surface area (Å²) in [6.45, 7) is 1.63. The summed E-state index contributed by atoms with van der Waals surface area (Å²) in [5.41, 5.74) is 5.85. The summed E-state index contributed by atoms with van der Waals surface area (Å²) in [6.07, 6.45) is 6.25. The fourth-order valence-electron chi connectivity index (χ4n) is 3.13. The maximum absolute atomic E-state index is 5.85. The highest BCUT2D eigenvalue weighted by molar-refractivity contribution is 4.92. The molecule has 2 aliphatic carbocycles. The van der Waals surface area contributed by atoms with Gasteiger partial charge in [0.1, 0.15) is 0 Å². The van der Waals surface area contributed by atoms with Crippen LogP contribution in [0.25, 0.3) is 0 Å². The molecule has 0 radical (unpaired) electrons. The predicted molar refractivity (Wildman–Crippen MR) is 67.7 cm³/mol. The van der Waals surface area contributed by atoms with Crippen LogP contribution in [-0.4, -0.2) is 44.7 Å². The van der Waals surface area contributed by atoms with E-state index in [9.17, 15) is 0 Å². The minimum Gasteiger partial charge on any atom is -0.330 e. The van der Waals surface area contributed by atoms with E-state index in [0.717, 1.165) is 18.9 Å². The van der Waals surface area contributed by atoms with E-state index in [4.69, 9.17) is 5.73 Å². The van der Waals surface area contributed by atoms with Crippen molar-refractivity contribution in [3.8, 4) is 0 Å². The number of hydrogen-bond acceptors (Lipinski definition) is 5. The first-order valence-electron chi connectivity index (χ1n) is 6.96. The molecule has 0 bridgehead atoms. The van der Waals surface area contributed by atoms with Crippen molar-refractivity contribution in [3.05, 3.63) is 5.82 Å². The molecule has 0 amide bonds. The van der Waals surface area contributed by atoms with Crippen molar-refractivity contribution >= 4 is 0 Å². The van der Waals surface area contributed by atoms with Gasteiger partial charge < -0.3 is 5.73 Å². The zero-order chi connectivity index (χ0) is 12.5. The summed E-state index contributed by atoms with van der Waals surface area (Å²) >= 11 is 0. The normalized spacial score (nSPS) is 28.2. The Balaban J connectivity index is 1.66. The molecule has 2 aliphatic rings. The molecule has 2 atom stereocenters. The Morgan fingerprint density at radius 3 is 2.89 bits per heavy atom. The lowest BCUT2D eigenvalue weighted by Crippen LogP contribution is -2.37. The molecule has 1 aromatic heterocycles. The summed E-state index contributed by atoms with van der Waals surface area (Å²) in [5.74, 6) is 1.64. The highest BCUT2D eigenvalue weighted by Gasteiger charge is 2.32. The zero-order valence-corrected chi connectivity index (χ0v) is 11.0. The van der Waals surface area contributed by atoms with Crippen LogP contribution in [0, 0.1) is 5.92 Å². The van der Waals surface area contributed by atoms with Gasteiger partial charge in [-0.15, -0.1) is 5.10 Å². The van der Waals surface area contributed by atoms with Crippen LogP contribution in [0.2, 0.25) is 0 Å². The Morgan fingerprint density at radius 1 is 1.33 bits per heavy atom. The largest absolute Gasteiger partial charge is 0.330 e. The van der Waals surface area contributed by atoms with E-state index < -0.39 is 0 Å². The van der Waals surface area contributed by atoms with Gasteiger partial charge in [-0.25, -0.2) is 4.68 Å². The Kier molecular flexibility index (Phi) is 3.30. The summed E-state index contributed by atoms with van der Waals surface area (Å²) in [4.78, 5) is 2.38. The van der Waals surface area contributed by atoms with E-state index in [1.807, 2.05) is 4.68 Å². The van der Waals surface area contributed by atoms with Crippen LogP contribution in [0.4, 0.5) is 0 Å². The molecular weight excluding hydrogens is 228 g/mol. The van der Waals surface area contributed by atoms with Gasteiger partial charge in [-0.05, 0) is 55.6 Å². The lowest BCUT2D eigenvalue weighted by molar-refractivity contribution is 0.185. The second-order valence-corrected chi connectivity index (χ2v) is 5.68. The molecule has 2 saturated carbocycles. The highest BCUT2D eigenvalue weighted by Crippen LogP contribution is 2.35. The Labute approximate surface area is 108 Å². The minimum absolute atomic E-state index is 0.553. The van der Waals surface area contributed by atoms with Crippen LogP contribution in [0.5, 0.6) is 0 Å². The van der Waals surface area contributed by atoms with E-state index in [1.54, 1.807) is 0 Å². The average Bonchev–Trinajstić information content (AvgIpc) is 2.93. The summed E-state index contributed by atoms with van der Waals surface area (Å²) < 4.78 is 2.00. The predicted octanol–water partition coefficient (Wildman–Crippen LogP) is 0.567. The average molecular weight is 250 g/mol. The molecule has 1 heterocycles. The van der Waals surface area contributed by atoms with Gasteiger partial charge >= 0.3 is 0 Å². The number of nitrogens with zero attached hydrogens (tertiary/aromatic N) is 5. The molecule has 0 aliphatic heterocycles. The van der Waals surface area contributed by atoms with Crippen molar-refractivity contribution in [1.82, 2.24) is 25.1 Å². The van der Waals surface area contributed by atoms with Gasteiger partial charge in [0.15, 0.2) is 5.82 Å². The fraction of sp³-hybridized carbons (Fsp3) is 0.917. The lowest BCUT2D eigenvalue weighted by Gasteiger charge is -2.28.